The van der Waals surface area contributed by atoms with E-state index >= 15 is 0 Å². The lowest BCUT2D eigenvalue weighted by Gasteiger charge is -2.36. The summed E-state index contributed by atoms with van der Waals surface area (Å²) in [5.74, 6) is 0.835. The van der Waals surface area contributed by atoms with E-state index in [0.29, 0.717) is 11.8 Å². The van der Waals surface area contributed by atoms with E-state index in [2.05, 4.69) is 17.8 Å². The Balaban J connectivity index is 1.83. The Labute approximate surface area is 107 Å². The number of hydrogen-bond donors (Lipinski definition) is 4. The van der Waals surface area contributed by atoms with Gasteiger partial charge < -0.3 is 10.2 Å². The van der Waals surface area contributed by atoms with Gasteiger partial charge in [-0.3, -0.25) is 10.9 Å². The van der Waals surface area contributed by atoms with Crippen LogP contribution < -0.4 is 10.9 Å². The van der Waals surface area contributed by atoms with Crippen molar-refractivity contribution in [3.63, 3.8) is 0 Å². The summed E-state index contributed by atoms with van der Waals surface area (Å²) in [6.45, 7) is 2.10. The number of phenolic OH excluding ortho intramolecular Hbond substituents is 1. The first-order valence-corrected chi connectivity index (χ1v) is 6.64. The molecule has 0 radical (unpaired) electrons. The van der Waals surface area contributed by atoms with Crippen molar-refractivity contribution in [2.75, 3.05) is 0 Å². The highest BCUT2D eigenvalue weighted by atomic mass is 16.3. The quantitative estimate of drug-likeness (QED) is 0.601. The second-order valence-electron chi connectivity index (χ2n) is 5.56. The van der Waals surface area contributed by atoms with Gasteiger partial charge in [-0.25, -0.2) is 0 Å². The number of fused-ring (bicyclic) bond motifs is 1. The van der Waals surface area contributed by atoms with E-state index in [1.54, 1.807) is 6.07 Å². The third kappa shape index (κ3) is 1.90. The molecule has 1 aliphatic heterocycles. The molecular formula is C14H20N2O2. The zero-order chi connectivity index (χ0) is 12.7. The Hall–Kier alpha value is -1.10. The van der Waals surface area contributed by atoms with Crippen LogP contribution >= 0.6 is 0 Å². The van der Waals surface area contributed by atoms with E-state index in [9.17, 15) is 10.2 Å². The van der Waals surface area contributed by atoms with Gasteiger partial charge in [0.25, 0.3) is 0 Å². The van der Waals surface area contributed by atoms with Gasteiger partial charge in [0.15, 0.2) is 0 Å². The third-order valence-corrected chi connectivity index (χ3v) is 4.42. The molecule has 4 heteroatoms. The molecule has 1 saturated carbocycles. The van der Waals surface area contributed by atoms with Gasteiger partial charge in [0.2, 0.25) is 0 Å². The fraction of sp³-hybridized carbons (Fsp3) is 0.571. The Morgan fingerprint density at radius 1 is 1.17 bits per heavy atom. The molecule has 0 amide bonds. The van der Waals surface area contributed by atoms with E-state index in [1.165, 1.54) is 0 Å². The predicted molar refractivity (Wildman–Crippen MR) is 69.1 cm³/mol. The van der Waals surface area contributed by atoms with E-state index in [-0.39, 0.29) is 24.0 Å². The summed E-state index contributed by atoms with van der Waals surface area (Å²) in [5, 5.41) is 20.2. The van der Waals surface area contributed by atoms with E-state index in [0.717, 1.165) is 18.4 Å². The molecule has 2 aliphatic rings. The smallest absolute Gasteiger partial charge is 0.119 e. The van der Waals surface area contributed by atoms with Crippen molar-refractivity contribution < 1.29 is 10.2 Å². The van der Waals surface area contributed by atoms with Crippen LogP contribution in [0.5, 0.6) is 5.75 Å². The number of aliphatic hydroxyl groups is 1. The number of aliphatic hydroxyl groups excluding tert-OH is 1. The minimum absolute atomic E-state index is 0.224. The lowest BCUT2D eigenvalue weighted by molar-refractivity contribution is 0.0495. The van der Waals surface area contributed by atoms with Crippen molar-refractivity contribution in [3.05, 3.63) is 29.8 Å². The molecule has 1 aromatic rings. The zero-order valence-corrected chi connectivity index (χ0v) is 10.5. The average Bonchev–Trinajstić information content (AvgIpc) is 2.72. The number of hydrogen-bond acceptors (Lipinski definition) is 4. The van der Waals surface area contributed by atoms with Gasteiger partial charge in [-0.2, -0.15) is 0 Å². The molecule has 98 valence electrons. The molecule has 0 bridgehead atoms. The van der Waals surface area contributed by atoms with E-state index < -0.39 is 0 Å². The molecule has 18 heavy (non-hydrogen) atoms. The van der Waals surface area contributed by atoms with Crippen molar-refractivity contribution >= 4 is 0 Å². The van der Waals surface area contributed by atoms with Crippen molar-refractivity contribution in [1.82, 2.24) is 10.9 Å². The standard InChI is InChI=1S/C14H20N2O2/c1-8-14-11(16-15-8)6-9(7-13(14)18)10-4-2-3-5-12(10)17/h2-5,8-9,11,13-18H,6-7H2,1H3. The fourth-order valence-electron chi connectivity index (χ4n) is 3.53. The monoisotopic (exact) mass is 248 g/mol. The summed E-state index contributed by atoms with van der Waals surface area (Å²) in [6.07, 6.45) is 1.37. The molecule has 4 nitrogen and oxygen atoms in total. The third-order valence-electron chi connectivity index (χ3n) is 4.42. The number of benzene rings is 1. The highest BCUT2D eigenvalue weighted by Crippen LogP contribution is 2.41. The maximum absolute atomic E-state index is 10.3. The van der Waals surface area contributed by atoms with Crippen molar-refractivity contribution in [2.24, 2.45) is 5.92 Å². The molecule has 1 aromatic carbocycles. The second-order valence-corrected chi connectivity index (χ2v) is 5.56. The van der Waals surface area contributed by atoms with Gasteiger partial charge in [0.05, 0.1) is 6.10 Å². The normalized spacial score (nSPS) is 39.6. The fourth-order valence-corrected chi connectivity index (χ4v) is 3.53. The number of nitrogens with one attached hydrogen (secondary N) is 2. The average molecular weight is 248 g/mol. The first kappa shape index (κ1) is 12.0. The van der Waals surface area contributed by atoms with E-state index in [1.807, 2.05) is 18.2 Å². The van der Waals surface area contributed by atoms with Crippen molar-refractivity contribution in [1.29, 1.82) is 0 Å². The Morgan fingerprint density at radius 3 is 2.72 bits per heavy atom. The van der Waals surface area contributed by atoms with Gasteiger partial charge >= 0.3 is 0 Å². The van der Waals surface area contributed by atoms with E-state index in [4.69, 9.17) is 0 Å². The van der Waals surface area contributed by atoms with Crippen LogP contribution in [0.25, 0.3) is 0 Å². The number of para-hydroxylation sites is 1. The van der Waals surface area contributed by atoms with Crippen LogP contribution in [0.2, 0.25) is 0 Å². The summed E-state index contributed by atoms with van der Waals surface area (Å²) in [4.78, 5) is 0. The first-order chi connectivity index (χ1) is 8.66. The van der Waals surface area contributed by atoms with Gasteiger partial charge in [-0.15, -0.1) is 0 Å². The molecule has 3 rings (SSSR count). The summed E-state index contributed by atoms with van der Waals surface area (Å²) in [5.41, 5.74) is 7.43. The minimum Gasteiger partial charge on any atom is -0.508 e. The van der Waals surface area contributed by atoms with Crippen LogP contribution in [0.15, 0.2) is 24.3 Å². The number of rotatable bonds is 1. The lowest BCUT2D eigenvalue weighted by atomic mass is 9.72. The number of phenols is 1. The predicted octanol–water partition coefficient (Wildman–Crippen LogP) is 1.11. The van der Waals surface area contributed by atoms with Crippen molar-refractivity contribution in [2.45, 2.75) is 43.9 Å². The van der Waals surface area contributed by atoms with Crippen LogP contribution in [-0.4, -0.2) is 28.4 Å². The van der Waals surface area contributed by atoms with Gasteiger partial charge in [-0.1, -0.05) is 18.2 Å². The summed E-state index contributed by atoms with van der Waals surface area (Å²) >= 11 is 0. The first-order valence-electron chi connectivity index (χ1n) is 6.64. The lowest BCUT2D eigenvalue weighted by Crippen LogP contribution is -2.43. The molecular weight excluding hydrogens is 228 g/mol. The highest BCUT2D eigenvalue weighted by molar-refractivity contribution is 5.35. The largest absolute Gasteiger partial charge is 0.508 e. The van der Waals surface area contributed by atoms with Gasteiger partial charge in [0.1, 0.15) is 5.75 Å². The Bertz CT molecular complexity index is 438. The Morgan fingerprint density at radius 2 is 1.94 bits per heavy atom. The molecule has 1 heterocycles. The number of aromatic hydroxyl groups is 1. The molecule has 5 unspecified atom stereocenters. The van der Waals surface area contributed by atoms with Crippen LogP contribution in [0.1, 0.15) is 31.2 Å². The number of hydrazine groups is 1. The minimum atomic E-state index is -0.314. The molecule has 1 aliphatic carbocycles. The second kappa shape index (κ2) is 4.53. The molecule has 0 aromatic heterocycles. The van der Waals surface area contributed by atoms with Gasteiger partial charge in [0, 0.05) is 18.0 Å². The van der Waals surface area contributed by atoms with Gasteiger partial charge in [-0.05, 0) is 37.3 Å². The van der Waals surface area contributed by atoms with Crippen LogP contribution in [0.3, 0.4) is 0 Å². The molecule has 1 saturated heterocycles. The summed E-state index contributed by atoms with van der Waals surface area (Å²) in [6, 6.07) is 8.04. The molecule has 5 atom stereocenters. The summed E-state index contributed by atoms with van der Waals surface area (Å²) < 4.78 is 0. The summed E-state index contributed by atoms with van der Waals surface area (Å²) in [7, 11) is 0. The van der Waals surface area contributed by atoms with Crippen molar-refractivity contribution in [3.8, 4) is 5.75 Å². The maximum atomic E-state index is 10.3. The van der Waals surface area contributed by atoms with Crippen LogP contribution in [-0.2, 0) is 0 Å². The Kier molecular flexibility index (Phi) is 3.01. The zero-order valence-electron chi connectivity index (χ0n) is 10.5. The highest BCUT2D eigenvalue weighted by Gasteiger charge is 2.44. The van der Waals surface area contributed by atoms with Crippen LogP contribution in [0.4, 0.5) is 0 Å². The molecule has 2 fully saturated rings. The van der Waals surface area contributed by atoms with Crippen LogP contribution in [0, 0.1) is 5.92 Å². The topological polar surface area (TPSA) is 64.5 Å². The molecule has 4 N–H and O–H groups in total. The maximum Gasteiger partial charge on any atom is 0.119 e. The SMILES string of the molecule is CC1NNC2CC(c3ccccc3O)CC(O)C12. The molecule has 0 spiro atoms.